The number of carbonyl (C=O) groups is 2. The molecule has 368 valence electrons. The third-order valence-electron chi connectivity index (χ3n) is 10.7. The summed E-state index contributed by atoms with van der Waals surface area (Å²) < 4.78 is 33.5. The highest BCUT2D eigenvalue weighted by Gasteiger charge is 2.51. The first-order chi connectivity index (χ1) is 30.8. The molecule has 0 aromatic heterocycles. The lowest BCUT2D eigenvalue weighted by Gasteiger charge is -2.41. The number of hydrogen-bond donors (Lipinski definition) is 7. The van der Waals surface area contributed by atoms with Gasteiger partial charge in [-0.15, -0.1) is 0 Å². The Bertz CT molecular complexity index is 1410. The van der Waals surface area contributed by atoms with Crippen LogP contribution in [-0.2, 0) is 32.7 Å². The molecule has 3 unspecified atom stereocenters. The van der Waals surface area contributed by atoms with E-state index in [0.29, 0.717) is 19.3 Å². The fraction of sp³-hybridized carbons (Fsp3) is 0.714. The highest BCUT2D eigenvalue weighted by Crippen LogP contribution is 2.47. The van der Waals surface area contributed by atoms with Crippen LogP contribution in [-0.4, -0.2) is 110 Å². The minimum atomic E-state index is -5.15. The Balaban J connectivity index is 2.50. The third-order valence-corrected chi connectivity index (χ3v) is 11.7. The maximum absolute atomic E-state index is 12.8. The molecule has 1 saturated carbocycles. The molecule has 0 radical (unpaired) electrons. The predicted molar refractivity (Wildman–Crippen MR) is 250 cm³/mol. The molecule has 1 rings (SSSR count). The monoisotopic (exact) mass is 927 g/mol. The van der Waals surface area contributed by atoms with Crippen LogP contribution >= 0.6 is 7.82 Å². The van der Waals surface area contributed by atoms with Crippen LogP contribution in [0.3, 0.4) is 0 Å². The average Bonchev–Trinajstić information content (AvgIpc) is 3.28. The Morgan fingerprint density at radius 2 is 0.984 bits per heavy atom. The van der Waals surface area contributed by atoms with E-state index in [1.807, 2.05) is 19.1 Å². The van der Waals surface area contributed by atoms with Gasteiger partial charge in [0.1, 0.15) is 43.2 Å². The summed E-state index contributed by atoms with van der Waals surface area (Å²) in [7, 11) is -5.15. The first kappa shape index (κ1) is 59.3. The van der Waals surface area contributed by atoms with Crippen molar-refractivity contribution in [3.05, 3.63) is 72.9 Å². The lowest BCUT2D eigenvalue weighted by atomic mass is 9.85. The SMILES string of the molecule is CCCCC/C=C\C/C=C\CCCCCCCCCC(=O)O[C@H](COC(=O)CCC/C=C\C/C=C\C/C=C\C/C=C\CC[C@@H](O)CC)COP(=O)(O)OC1[C@H](O)[C@H](O)C(O)[C@H](O)[C@H]1O. The van der Waals surface area contributed by atoms with Gasteiger partial charge in [-0.1, -0.05) is 132 Å². The zero-order valence-electron chi connectivity index (χ0n) is 38.7. The van der Waals surface area contributed by atoms with Crippen molar-refractivity contribution >= 4 is 19.8 Å². The molecule has 14 nitrogen and oxygen atoms in total. The minimum absolute atomic E-state index is 0.0657. The van der Waals surface area contributed by atoms with Gasteiger partial charge < -0.3 is 45.0 Å². The fourth-order valence-electron chi connectivity index (χ4n) is 6.64. The summed E-state index contributed by atoms with van der Waals surface area (Å²) in [4.78, 5) is 35.7. The molecule has 9 atom stereocenters. The number of hydrogen-bond acceptors (Lipinski definition) is 13. The van der Waals surface area contributed by atoms with E-state index in [1.54, 1.807) is 0 Å². The van der Waals surface area contributed by atoms with E-state index in [9.17, 15) is 49.7 Å². The minimum Gasteiger partial charge on any atom is -0.462 e. The highest BCUT2D eigenvalue weighted by molar-refractivity contribution is 7.47. The van der Waals surface area contributed by atoms with Gasteiger partial charge in [0.05, 0.1) is 12.7 Å². The molecule has 1 aliphatic rings. The molecule has 15 heteroatoms. The molecule has 0 aromatic rings. The quantitative estimate of drug-likeness (QED) is 0.0133. The predicted octanol–water partition coefficient (Wildman–Crippen LogP) is 8.47. The topological polar surface area (TPSA) is 230 Å². The van der Waals surface area contributed by atoms with E-state index in [4.69, 9.17) is 18.5 Å². The zero-order valence-corrected chi connectivity index (χ0v) is 39.6. The van der Waals surface area contributed by atoms with Crippen molar-refractivity contribution in [1.82, 2.24) is 0 Å². The summed E-state index contributed by atoms with van der Waals surface area (Å²) in [5, 5.41) is 59.7. The number of esters is 2. The Kier molecular flexibility index (Phi) is 35.5. The van der Waals surface area contributed by atoms with Gasteiger partial charge in [0.25, 0.3) is 0 Å². The Morgan fingerprint density at radius 3 is 1.52 bits per heavy atom. The lowest BCUT2D eigenvalue weighted by Crippen LogP contribution is -2.64. The van der Waals surface area contributed by atoms with Crippen molar-refractivity contribution in [2.24, 2.45) is 0 Å². The van der Waals surface area contributed by atoms with E-state index < -0.39 is 75.7 Å². The maximum Gasteiger partial charge on any atom is 0.472 e. The van der Waals surface area contributed by atoms with Gasteiger partial charge in [0.15, 0.2) is 6.10 Å². The number of carbonyl (C=O) groups excluding carboxylic acids is 2. The summed E-state index contributed by atoms with van der Waals surface area (Å²) in [6.45, 7) is 2.94. The number of rotatable bonds is 38. The van der Waals surface area contributed by atoms with Crippen molar-refractivity contribution in [1.29, 1.82) is 0 Å². The van der Waals surface area contributed by atoms with Crippen LogP contribution in [0.4, 0.5) is 0 Å². The second kappa shape index (κ2) is 38.4. The molecule has 0 spiro atoms. The van der Waals surface area contributed by atoms with Crippen LogP contribution in [0, 0.1) is 0 Å². The number of aliphatic hydroxyl groups excluding tert-OH is 6. The average molecular weight is 927 g/mol. The van der Waals surface area contributed by atoms with Gasteiger partial charge in [-0.2, -0.15) is 0 Å². The number of allylic oxidation sites excluding steroid dienone is 12. The summed E-state index contributed by atoms with van der Waals surface area (Å²) in [5.74, 6) is -1.20. The first-order valence-corrected chi connectivity index (χ1v) is 25.3. The molecule has 1 fully saturated rings. The lowest BCUT2D eigenvalue weighted by molar-refractivity contribution is -0.220. The number of phosphoric acid groups is 1. The fourth-order valence-corrected chi connectivity index (χ4v) is 7.61. The second-order valence-corrected chi connectivity index (χ2v) is 17.8. The summed E-state index contributed by atoms with van der Waals surface area (Å²) in [6.07, 6.45) is 31.8. The smallest absolute Gasteiger partial charge is 0.462 e. The Labute approximate surface area is 383 Å². The Morgan fingerprint density at radius 1 is 0.547 bits per heavy atom. The molecule has 0 aliphatic heterocycles. The van der Waals surface area contributed by atoms with E-state index in [0.717, 1.165) is 96.3 Å². The van der Waals surface area contributed by atoms with Gasteiger partial charge in [0, 0.05) is 12.8 Å². The van der Waals surface area contributed by atoms with Crippen LogP contribution in [0.2, 0.25) is 0 Å². The number of ether oxygens (including phenoxy) is 2. The van der Waals surface area contributed by atoms with Gasteiger partial charge in [-0.05, 0) is 89.9 Å². The summed E-state index contributed by atoms with van der Waals surface area (Å²) in [6, 6.07) is 0. The number of unbranched alkanes of at least 4 members (excludes halogenated alkanes) is 11. The van der Waals surface area contributed by atoms with Crippen LogP contribution in [0.5, 0.6) is 0 Å². The normalized spacial score (nSPS) is 22.7. The molecule has 64 heavy (non-hydrogen) atoms. The van der Waals surface area contributed by atoms with Gasteiger partial charge in [-0.3, -0.25) is 18.6 Å². The van der Waals surface area contributed by atoms with Gasteiger partial charge in [-0.25, -0.2) is 4.57 Å². The van der Waals surface area contributed by atoms with Crippen molar-refractivity contribution in [2.75, 3.05) is 13.2 Å². The maximum atomic E-state index is 12.8. The molecule has 0 aromatic carbocycles. The zero-order chi connectivity index (χ0) is 47.3. The Hall–Kier alpha value is -2.75. The van der Waals surface area contributed by atoms with E-state index in [-0.39, 0.29) is 18.9 Å². The molecule has 7 N–H and O–H groups in total. The highest BCUT2D eigenvalue weighted by atomic mass is 31.2. The molecule has 1 aliphatic carbocycles. The number of phosphoric ester groups is 1. The van der Waals surface area contributed by atoms with E-state index in [2.05, 4.69) is 67.7 Å². The van der Waals surface area contributed by atoms with Gasteiger partial charge in [0.2, 0.25) is 0 Å². The summed E-state index contributed by atoms with van der Waals surface area (Å²) >= 11 is 0. The van der Waals surface area contributed by atoms with Crippen LogP contribution in [0.15, 0.2) is 72.9 Å². The molecule has 0 amide bonds. The van der Waals surface area contributed by atoms with Crippen LogP contribution in [0.25, 0.3) is 0 Å². The summed E-state index contributed by atoms with van der Waals surface area (Å²) in [5.41, 5.74) is 0. The second-order valence-electron chi connectivity index (χ2n) is 16.4. The van der Waals surface area contributed by atoms with Crippen LogP contribution < -0.4 is 0 Å². The molecule has 0 heterocycles. The van der Waals surface area contributed by atoms with E-state index >= 15 is 0 Å². The first-order valence-electron chi connectivity index (χ1n) is 23.8. The van der Waals surface area contributed by atoms with Crippen molar-refractivity contribution < 1.29 is 68.2 Å². The van der Waals surface area contributed by atoms with E-state index in [1.165, 1.54) is 19.3 Å². The van der Waals surface area contributed by atoms with Crippen molar-refractivity contribution in [3.8, 4) is 0 Å². The van der Waals surface area contributed by atoms with Crippen molar-refractivity contribution in [3.63, 3.8) is 0 Å². The van der Waals surface area contributed by atoms with Gasteiger partial charge >= 0.3 is 19.8 Å². The van der Waals surface area contributed by atoms with Crippen molar-refractivity contribution in [2.45, 2.75) is 210 Å². The third kappa shape index (κ3) is 30.5. The molecular weight excluding hydrogens is 843 g/mol. The molecule has 0 saturated heterocycles. The van der Waals surface area contributed by atoms with Crippen LogP contribution in [0.1, 0.15) is 162 Å². The number of aliphatic hydroxyl groups is 6. The molecular formula is C49H83O14P. The largest absolute Gasteiger partial charge is 0.472 e. The standard InChI is InChI=1S/C49H83O14P/c1-3-5-6-7-8-9-10-11-12-13-14-19-22-25-28-31-34-37-43(52)62-41(39-61-64(58,59)63-49-47(56)45(54)44(53)46(55)48(49)57)38-60-42(51)36-33-30-27-24-21-18-16-15-17-20-23-26-29-32-35-40(50)4-2/h8-9,11-12,16-18,20,24,26-27,29,40-41,44-50,53-57H,3-7,10,13-15,19,21-23,25,28,30-39H2,1-2H3,(H,58,59)/b9-8-,12-11-,18-16-,20-17-,27-24-,29-26-/t40-,41+,44?,45-,46+,47+,48+,49?/m0/s1. The molecule has 0 bridgehead atoms.